The van der Waals surface area contributed by atoms with Crippen LogP contribution in [0.15, 0.2) is 43.0 Å². The number of carbonyl (C=O) groups excluding carboxylic acids is 2. The molecular weight excluding hydrogens is 306 g/mol. The molecule has 0 aliphatic rings. The Morgan fingerprint density at radius 1 is 1.29 bits per heavy atom. The minimum absolute atomic E-state index is 0.153. The van der Waals surface area contributed by atoms with Crippen LogP contribution >= 0.6 is 0 Å². The van der Waals surface area contributed by atoms with Gasteiger partial charge in [0.1, 0.15) is 5.75 Å². The van der Waals surface area contributed by atoms with E-state index in [1.807, 2.05) is 31.2 Å². The van der Waals surface area contributed by atoms with Gasteiger partial charge in [-0.05, 0) is 18.6 Å². The molecule has 1 aromatic carbocycles. The summed E-state index contributed by atoms with van der Waals surface area (Å²) in [5.74, 6) is 0.205. The van der Waals surface area contributed by atoms with Gasteiger partial charge in [0.25, 0.3) is 0 Å². The van der Waals surface area contributed by atoms with Crippen LogP contribution in [0.3, 0.4) is 0 Å². The normalized spacial score (nSPS) is 10.4. The average Bonchev–Trinajstić information content (AvgIpc) is 2.61. The van der Waals surface area contributed by atoms with Gasteiger partial charge in [-0.1, -0.05) is 31.2 Å². The van der Waals surface area contributed by atoms with E-state index in [1.165, 1.54) is 18.1 Å². The van der Waals surface area contributed by atoms with Crippen molar-refractivity contribution in [2.45, 2.75) is 19.8 Å². The maximum atomic E-state index is 12.3. The molecule has 0 aromatic heterocycles. The number of amides is 1. The van der Waals surface area contributed by atoms with Gasteiger partial charge in [-0.15, -0.1) is 6.58 Å². The van der Waals surface area contributed by atoms with Crippen molar-refractivity contribution in [1.29, 1.82) is 0 Å². The number of hydrogen-bond donors (Lipinski definition) is 0. The quantitative estimate of drug-likeness (QED) is 0.376. The van der Waals surface area contributed by atoms with Gasteiger partial charge in [-0.3, -0.25) is 9.59 Å². The second kappa shape index (κ2) is 11.0. The largest absolute Gasteiger partial charge is 0.493 e. The zero-order chi connectivity index (χ0) is 17.8. The van der Waals surface area contributed by atoms with E-state index in [1.54, 1.807) is 12.2 Å². The van der Waals surface area contributed by atoms with Crippen LogP contribution in [0.1, 0.15) is 25.3 Å². The molecule has 0 radical (unpaired) electrons. The topological polar surface area (TPSA) is 55.8 Å². The number of benzene rings is 1. The van der Waals surface area contributed by atoms with Crippen LogP contribution in [-0.2, 0) is 14.3 Å². The second-order valence-corrected chi connectivity index (χ2v) is 5.12. The Morgan fingerprint density at radius 3 is 2.71 bits per heavy atom. The van der Waals surface area contributed by atoms with Crippen LogP contribution in [0.5, 0.6) is 5.75 Å². The zero-order valence-corrected chi connectivity index (χ0v) is 14.4. The lowest BCUT2D eigenvalue weighted by Gasteiger charge is -2.18. The fourth-order valence-corrected chi connectivity index (χ4v) is 2.00. The highest BCUT2D eigenvalue weighted by atomic mass is 16.5. The molecule has 5 nitrogen and oxygen atoms in total. The molecule has 1 amide bonds. The number of methoxy groups -OCH3 is 1. The van der Waals surface area contributed by atoms with Crippen molar-refractivity contribution in [2.24, 2.45) is 0 Å². The summed E-state index contributed by atoms with van der Waals surface area (Å²) in [4.78, 5) is 25.1. The lowest BCUT2D eigenvalue weighted by atomic mass is 10.2. The Hall–Kier alpha value is -2.56. The van der Waals surface area contributed by atoms with E-state index >= 15 is 0 Å². The Morgan fingerprint density at radius 2 is 2.04 bits per heavy atom. The van der Waals surface area contributed by atoms with E-state index in [-0.39, 0.29) is 24.8 Å². The van der Waals surface area contributed by atoms with Crippen molar-refractivity contribution in [1.82, 2.24) is 4.90 Å². The van der Waals surface area contributed by atoms with Crippen molar-refractivity contribution in [3.8, 4) is 5.75 Å². The predicted octanol–water partition coefficient (Wildman–Crippen LogP) is 3.07. The van der Waals surface area contributed by atoms with Crippen LogP contribution in [-0.4, -0.2) is 43.6 Å². The minimum atomic E-state index is -0.348. The first kappa shape index (κ1) is 19.5. The molecule has 0 aliphatic heterocycles. The lowest BCUT2D eigenvalue weighted by Crippen LogP contribution is -2.32. The molecule has 0 N–H and O–H groups in total. The summed E-state index contributed by atoms with van der Waals surface area (Å²) in [6.45, 7) is 6.96. The number of nitrogens with zero attached hydrogens (tertiary/aromatic N) is 1. The molecular formula is C19H25NO4. The maximum absolute atomic E-state index is 12.3. The van der Waals surface area contributed by atoms with Crippen LogP contribution in [0.4, 0.5) is 0 Å². The van der Waals surface area contributed by atoms with Crippen LogP contribution in [0.25, 0.3) is 6.08 Å². The monoisotopic (exact) mass is 331 g/mol. The van der Waals surface area contributed by atoms with Gasteiger partial charge in [0.15, 0.2) is 0 Å². The highest BCUT2D eigenvalue weighted by molar-refractivity contribution is 5.92. The lowest BCUT2D eigenvalue weighted by molar-refractivity contribution is -0.141. The first-order valence-corrected chi connectivity index (χ1v) is 7.98. The third kappa shape index (κ3) is 6.69. The fourth-order valence-electron chi connectivity index (χ4n) is 2.00. The summed E-state index contributed by atoms with van der Waals surface area (Å²) in [5.41, 5.74) is 0.839. The van der Waals surface area contributed by atoms with Crippen LogP contribution in [0, 0.1) is 0 Å². The number of esters is 1. The van der Waals surface area contributed by atoms with Gasteiger partial charge in [-0.25, -0.2) is 0 Å². The smallest absolute Gasteiger partial charge is 0.307 e. The Balaban J connectivity index is 2.77. The molecule has 5 heteroatoms. The first-order valence-electron chi connectivity index (χ1n) is 7.98. The summed E-state index contributed by atoms with van der Waals surface area (Å²) < 4.78 is 10.3. The highest BCUT2D eigenvalue weighted by Gasteiger charge is 2.11. The number of hydrogen-bond acceptors (Lipinski definition) is 4. The van der Waals surface area contributed by atoms with Crippen molar-refractivity contribution in [3.63, 3.8) is 0 Å². The molecule has 0 unspecified atom stereocenters. The molecule has 0 spiro atoms. The molecule has 0 aliphatic carbocycles. The number of carbonyl (C=O) groups is 2. The molecule has 0 bridgehead atoms. The van der Waals surface area contributed by atoms with E-state index in [0.717, 1.165) is 17.7 Å². The Bertz CT molecular complexity index is 580. The van der Waals surface area contributed by atoms with Gasteiger partial charge in [-0.2, -0.15) is 0 Å². The molecule has 0 saturated heterocycles. The summed E-state index contributed by atoms with van der Waals surface area (Å²) in [6.07, 6.45) is 5.90. The number of rotatable bonds is 10. The molecule has 130 valence electrons. The van der Waals surface area contributed by atoms with Crippen molar-refractivity contribution in [2.75, 3.05) is 26.8 Å². The molecule has 1 rings (SSSR count). The summed E-state index contributed by atoms with van der Waals surface area (Å²) in [6, 6.07) is 7.55. The summed E-state index contributed by atoms with van der Waals surface area (Å²) in [7, 11) is 1.33. The molecule has 0 saturated carbocycles. The zero-order valence-electron chi connectivity index (χ0n) is 14.4. The molecule has 0 atom stereocenters. The van der Waals surface area contributed by atoms with Gasteiger partial charge < -0.3 is 14.4 Å². The van der Waals surface area contributed by atoms with Gasteiger partial charge in [0.2, 0.25) is 5.91 Å². The van der Waals surface area contributed by atoms with Crippen LogP contribution < -0.4 is 4.74 Å². The number of ether oxygens (including phenoxy) is 2. The standard InChI is InChI=1S/C19H25NO4/c1-4-13-20(14-12-19(22)23-3)18(21)11-10-16-8-6-7-9-17(16)24-15-5-2/h4,6-11H,1,5,12-15H2,2-3H3/b11-10+. The Labute approximate surface area is 143 Å². The predicted molar refractivity (Wildman–Crippen MR) is 94.7 cm³/mol. The SMILES string of the molecule is C=CCN(CCC(=O)OC)C(=O)/C=C/c1ccccc1OCCC. The maximum Gasteiger partial charge on any atom is 0.307 e. The third-order valence-electron chi connectivity index (χ3n) is 3.26. The molecule has 0 heterocycles. The summed E-state index contributed by atoms with van der Waals surface area (Å²) in [5, 5.41) is 0. The second-order valence-electron chi connectivity index (χ2n) is 5.12. The van der Waals surface area contributed by atoms with E-state index in [0.29, 0.717) is 13.2 Å². The number of para-hydroxylation sites is 1. The van der Waals surface area contributed by atoms with Gasteiger partial charge in [0.05, 0.1) is 20.1 Å². The van der Waals surface area contributed by atoms with Crippen molar-refractivity contribution in [3.05, 3.63) is 48.6 Å². The van der Waals surface area contributed by atoms with E-state index in [2.05, 4.69) is 11.3 Å². The Kier molecular flexibility index (Phi) is 8.97. The van der Waals surface area contributed by atoms with Gasteiger partial charge >= 0.3 is 5.97 Å². The molecule has 24 heavy (non-hydrogen) atoms. The van der Waals surface area contributed by atoms with Crippen molar-refractivity contribution < 1.29 is 19.1 Å². The van der Waals surface area contributed by atoms with Crippen molar-refractivity contribution >= 4 is 18.0 Å². The highest BCUT2D eigenvalue weighted by Crippen LogP contribution is 2.19. The van der Waals surface area contributed by atoms with Gasteiger partial charge in [0, 0.05) is 24.7 Å². The average molecular weight is 331 g/mol. The fraction of sp³-hybridized carbons (Fsp3) is 0.368. The summed E-state index contributed by atoms with van der Waals surface area (Å²) >= 11 is 0. The minimum Gasteiger partial charge on any atom is -0.493 e. The van der Waals surface area contributed by atoms with E-state index < -0.39 is 0 Å². The third-order valence-corrected chi connectivity index (χ3v) is 3.26. The van der Waals surface area contributed by atoms with E-state index in [4.69, 9.17) is 4.74 Å². The molecule has 0 fully saturated rings. The molecule has 1 aromatic rings. The first-order chi connectivity index (χ1) is 11.6. The van der Waals surface area contributed by atoms with E-state index in [9.17, 15) is 9.59 Å². The van der Waals surface area contributed by atoms with Crippen LogP contribution in [0.2, 0.25) is 0 Å².